The minimum atomic E-state index is 0.667. The van der Waals surface area contributed by atoms with Crippen molar-refractivity contribution in [3.8, 4) is 16.3 Å². The van der Waals surface area contributed by atoms with E-state index in [1.807, 2.05) is 24.4 Å². The molecule has 18 heavy (non-hydrogen) atoms. The van der Waals surface area contributed by atoms with E-state index < -0.39 is 0 Å². The zero-order valence-electron chi connectivity index (χ0n) is 10.4. The Kier molecular flexibility index (Phi) is 4.58. The van der Waals surface area contributed by atoms with Crippen LogP contribution in [0, 0.1) is 0 Å². The van der Waals surface area contributed by atoms with Gasteiger partial charge in [-0.2, -0.15) is 0 Å². The topological polar surface area (TPSA) is 34.2 Å². The second kappa shape index (κ2) is 6.18. The molecule has 0 unspecified atom stereocenters. The van der Waals surface area contributed by atoms with Crippen LogP contribution >= 0.6 is 22.9 Å². The zero-order valence-corrected chi connectivity index (χ0v) is 11.9. The van der Waals surface area contributed by atoms with Crippen molar-refractivity contribution in [3.05, 3.63) is 34.3 Å². The number of ether oxygens (including phenoxy) is 1. The van der Waals surface area contributed by atoms with Crippen LogP contribution in [0.15, 0.2) is 24.4 Å². The van der Waals surface area contributed by atoms with E-state index in [0.29, 0.717) is 5.02 Å². The van der Waals surface area contributed by atoms with Crippen molar-refractivity contribution in [2.75, 3.05) is 13.7 Å². The first-order chi connectivity index (χ1) is 8.74. The molecule has 0 saturated carbocycles. The maximum Gasteiger partial charge on any atom is 0.130 e. The molecule has 1 N–H and O–H groups in total. The number of hydrogen-bond donors (Lipinski definition) is 1. The van der Waals surface area contributed by atoms with Crippen LogP contribution in [0.1, 0.15) is 11.8 Å². The van der Waals surface area contributed by atoms with Crippen molar-refractivity contribution in [2.24, 2.45) is 0 Å². The number of rotatable bonds is 5. The first-order valence-electron chi connectivity index (χ1n) is 5.74. The van der Waals surface area contributed by atoms with Gasteiger partial charge in [0.05, 0.1) is 12.7 Å². The second-order valence-electron chi connectivity index (χ2n) is 3.76. The number of benzene rings is 1. The molecule has 1 aromatic carbocycles. The first-order valence-corrected chi connectivity index (χ1v) is 6.93. The third-order valence-electron chi connectivity index (χ3n) is 2.50. The van der Waals surface area contributed by atoms with E-state index in [-0.39, 0.29) is 0 Å². The molecule has 0 spiro atoms. The monoisotopic (exact) mass is 282 g/mol. The standard InChI is InChI=1S/C13H15ClN2OS/c1-3-15-7-10-8-16-13(18-10)11-5-4-9(14)6-12(11)17-2/h4-6,8,15H,3,7H2,1-2H3. The number of nitrogens with zero attached hydrogens (tertiary/aromatic N) is 1. The number of thiazole rings is 1. The lowest BCUT2D eigenvalue weighted by Crippen LogP contribution is -2.10. The van der Waals surface area contributed by atoms with Crippen molar-refractivity contribution in [2.45, 2.75) is 13.5 Å². The van der Waals surface area contributed by atoms with E-state index in [2.05, 4.69) is 17.2 Å². The molecule has 0 amide bonds. The summed E-state index contributed by atoms with van der Waals surface area (Å²) in [5.74, 6) is 0.756. The van der Waals surface area contributed by atoms with Crippen LogP contribution in [0.25, 0.3) is 10.6 Å². The van der Waals surface area contributed by atoms with Crippen LogP contribution < -0.4 is 10.1 Å². The molecule has 0 fully saturated rings. The minimum Gasteiger partial charge on any atom is -0.496 e. The summed E-state index contributed by atoms with van der Waals surface area (Å²) in [5.41, 5.74) is 0.981. The molecule has 0 aliphatic rings. The molecule has 0 atom stereocenters. The summed E-state index contributed by atoms with van der Waals surface area (Å²) in [6, 6.07) is 5.60. The van der Waals surface area contributed by atoms with E-state index in [1.165, 1.54) is 4.88 Å². The van der Waals surface area contributed by atoms with Crippen LogP contribution in [-0.4, -0.2) is 18.6 Å². The summed E-state index contributed by atoms with van der Waals surface area (Å²) >= 11 is 7.61. The van der Waals surface area contributed by atoms with Crippen molar-refractivity contribution in [3.63, 3.8) is 0 Å². The van der Waals surface area contributed by atoms with Crippen LogP contribution in [-0.2, 0) is 6.54 Å². The van der Waals surface area contributed by atoms with Gasteiger partial charge in [0.25, 0.3) is 0 Å². The molecule has 0 bridgehead atoms. The summed E-state index contributed by atoms with van der Waals surface area (Å²) in [5, 5.41) is 4.91. The lowest BCUT2D eigenvalue weighted by atomic mass is 10.2. The van der Waals surface area contributed by atoms with E-state index in [9.17, 15) is 0 Å². The summed E-state index contributed by atoms with van der Waals surface area (Å²) in [7, 11) is 1.64. The molecule has 0 saturated heterocycles. The van der Waals surface area contributed by atoms with Crippen molar-refractivity contribution in [1.82, 2.24) is 10.3 Å². The van der Waals surface area contributed by atoms with Gasteiger partial charge in [0.2, 0.25) is 0 Å². The maximum atomic E-state index is 5.95. The van der Waals surface area contributed by atoms with Gasteiger partial charge in [0.15, 0.2) is 0 Å². The predicted molar refractivity (Wildman–Crippen MR) is 76.5 cm³/mol. The minimum absolute atomic E-state index is 0.667. The lowest BCUT2D eigenvalue weighted by molar-refractivity contribution is 0.416. The number of nitrogens with one attached hydrogen (secondary N) is 1. The molecule has 0 aliphatic heterocycles. The third kappa shape index (κ3) is 3.02. The van der Waals surface area contributed by atoms with Gasteiger partial charge in [0.1, 0.15) is 10.8 Å². The van der Waals surface area contributed by atoms with Gasteiger partial charge in [-0.05, 0) is 24.7 Å². The Morgan fingerprint density at radius 2 is 2.28 bits per heavy atom. The van der Waals surface area contributed by atoms with Gasteiger partial charge in [0, 0.05) is 22.6 Å². The highest BCUT2D eigenvalue weighted by molar-refractivity contribution is 7.15. The van der Waals surface area contributed by atoms with Crippen molar-refractivity contribution in [1.29, 1.82) is 0 Å². The van der Waals surface area contributed by atoms with E-state index in [0.717, 1.165) is 29.4 Å². The van der Waals surface area contributed by atoms with Gasteiger partial charge < -0.3 is 10.1 Å². The number of methoxy groups -OCH3 is 1. The average molecular weight is 283 g/mol. The number of aromatic nitrogens is 1. The Hall–Kier alpha value is -1.10. The predicted octanol–water partition coefficient (Wildman–Crippen LogP) is 3.58. The van der Waals surface area contributed by atoms with Crippen molar-refractivity contribution >= 4 is 22.9 Å². The fraction of sp³-hybridized carbons (Fsp3) is 0.308. The highest BCUT2D eigenvalue weighted by Crippen LogP contribution is 2.34. The summed E-state index contributed by atoms with van der Waals surface area (Å²) < 4.78 is 5.34. The van der Waals surface area contributed by atoms with Gasteiger partial charge in [-0.3, -0.25) is 0 Å². The van der Waals surface area contributed by atoms with E-state index >= 15 is 0 Å². The maximum absolute atomic E-state index is 5.95. The van der Waals surface area contributed by atoms with Crippen LogP contribution in [0.5, 0.6) is 5.75 Å². The normalized spacial score (nSPS) is 10.6. The highest BCUT2D eigenvalue weighted by Gasteiger charge is 2.10. The van der Waals surface area contributed by atoms with Gasteiger partial charge in [-0.1, -0.05) is 18.5 Å². The smallest absolute Gasteiger partial charge is 0.130 e. The molecule has 1 aromatic heterocycles. The van der Waals surface area contributed by atoms with Crippen LogP contribution in [0.3, 0.4) is 0 Å². The number of halogens is 1. The Morgan fingerprint density at radius 1 is 1.44 bits per heavy atom. The Balaban J connectivity index is 2.28. The van der Waals surface area contributed by atoms with Crippen LogP contribution in [0.2, 0.25) is 5.02 Å². The molecule has 2 aromatic rings. The zero-order chi connectivity index (χ0) is 13.0. The Morgan fingerprint density at radius 3 is 3.00 bits per heavy atom. The molecule has 1 heterocycles. The molecule has 2 rings (SSSR count). The number of hydrogen-bond acceptors (Lipinski definition) is 4. The molecule has 0 radical (unpaired) electrons. The molecule has 0 aliphatic carbocycles. The molecule has 5 heteroatoms. The van der Waals surface area contributed by atoms with E-state index in [1.54, 1.807) is 18.4 Å². The summed E-state index contributed by atoms with van der Waals surface area (Å²) in [6.07, 6.45) is 1.90. The summed E-state index contributed by atoms with van der Waals surface area (Å²) in [6.45, 7) is 3.89. The largest absolute Gasteiger partial charge is 0.496 e. The fourth-order valence-corrected chi connectivity index (χ4v) is 2.68. The first kappa shape index (κ1) is 13.3. The van der Waals surface area contributed by atoms with Gasteiger partial charge in [-0.15, -0.1) is 11.3 Å². The third-order valence-corrected chi connectivity index (χ3v) is 3.76. The van der Waals surface area contributed by atoms with Gasteiger partial charge in [-0.25, -0.2) is 4.98 Å². The quantitative estimate of drug-likeness (QED) is 0.910. The molecule has 3 nitrogen and oxygen atoms in total. The van der Waals surface area contributed by atoms with Crippen molar-refractivity contribution < 1.29 is 4.74 Å². The SMILES string of the molecule is CCNCc1cnc(-c2ccc(Cl)cc2OC)s1. The summed E-state index contributed by atoms with van der Waals surface area (Å²) in [4.78, 5) is 5.64. The van der Waals surface area contributed by atoms with Crippen LogP contribution in [0.4, 0.5) is 0 Å². The molecular formula is C13H15ClN2OS. The molecule has 96 valence electrons. The fourth-order valence-electron chi connectivity index (χ4n) is 1.60. The Bertz CT molecular complexity index is 527. The lowest BCUT2D eigenvalue weighted by Gasteiger charge is -2.05. The highest BCUT2D eigenvalue weighted by atomic mass is 35.5. The van der Waals surface area contributed by atoms with Gasteiger partial charge >= 0.3 is 0 Å². The van der Waals surface area contributed by atoms with E-state index in [4.69, 9.17) is 16.3 Å². The Labute approximate surface area is 116 Å². The second-order valence-corrected chi connectivity index (χ2v) is 5.31. The molecular weight excluding hydrogens is 268 g/mol. The average Bonchev–Trinajstić information content (AvgIpc) is 2.84.